The van der Waals surface area contributed by atoms with E-state index < -0.39 is 0 Å². The van der Waals surface area contributed by atoms with Crippen LogP contribution < -0.4 is 0 Å². The number of imidazole rings is 2. The van der Waals surface area contributed by atoms with Gasteiger partial charge in [-0.3, -0.25) is 19.6 Å². The number of aromatic amines is 2. The Bertz CT molecular complexity index is 1820. The topological polar surface area (TPSA) is 124 Å². The van der Waals surface area contributed by atoms with Crippen LogP contribution in [0, 0.1) is 5.92 Å². The Morgan fingerprint density at radius 3 is 2.34 bits per heavy atom. The van der Waals surface area contributed by atoms with Crippen LogP contribution in [0.2, 0.25) is 0 Å². The van der Waals surface area contributed by atoms with Crippen molar-refractivity contribution in [3.8, 4) is 33.8 Å². The fourth-order valence-corrected chi connectivity index (χ4v) is 6.32. The average molecular weight is 633 g/mol. The molecule has 1 atom stereocenters. The van der Waals surface area contributed by atoms with Crippen LogP contribution >= 0.6 is 0 Å². The lowest BCUT2D eigenvalue weighted by Gasteiger charge is -2.23. The minimum Gasteiger partial charge on any atom is -0.340 e. The number of likely N-dealkylation sites (tertiary alicyclic amines) is 1. The van der Waals surface area contributed by atoms with Crippen molar-refractivity contribution < 1.29 is 9.59 Å². The smallest absolute Gasteiger partial charge is 0.223 e. The Kier molecular flexibility index (Phi) is 9.75. The van der Waals surface area contributed by atoms with E-state index in [-0.39, 0.29) is 17.9 Å². The van der Waals surface area contributed by atoms with Crippen LogP contribution in [0.15, 0.2) is 61.1 Å². The Balaban J connectivity index is 1.13. The number of amides is 2. The van der Waals surface area contributed by atoms with Gasteiger partial charge in [0.1, 0.15) is 11.6 Å². The van der Waals surface area contributed by atoms with Crippen LogP contribution in [0.3, 0.4) is 0 Å². The molecule has 5 aromatic rings. The van der Waals surface area contributed by atoms with Gasteiger partial charge in [0, 0.05) is 37.1 Å². The van der Waals surface area contributed by atoms with Gasteiger partial charge in [-0.2, -0.15) is 0 Å². The number of hydrogen-bond donors (Lipinski definition) is 2. The molecular weight excluding hydrogens is 588 g/mol. The molecule has 2 amide bonds. The molecule has 0 bridgehead atoms. The van der Waals surface area contributed by atoms with Crippen molar-refractivity contribution in [2.24, 2.45) is 5.92 Å². The van der Waals surface area contributed by atoms with Gasteiger partial charge in [0.15, 0.2) is 0 Å². The number of fused-ring (bicyclic) bond motifs is 1. The third-order valence-corrected chi connectivity index (χ3v) is 8.69. The summed E-state index contributed by atoms with van der Waals surface area (Å²) in [6, 6.07) is 14.2. The maximum absolute atomic E-state index is 12.8. The zero-order chi connectivity index (χ0) is 32.9. The van der Waals surface area contributed by atoms with E-state index in [4.69, 9.17) is 15.0 Å². The van der Waals surface area contributed by atoms with Crippen LogP contribution in [0.4, 0.5) is 0 Å². The fourth-order valence-electron chi connectivity index (χ4n) is 6.32. The zero-order valence-electron chi connectivity index (χ0n) is 27.8. The molecule has 3 aromatic heterocycles. The summed E-state index contributed by atoms with van der Waals surface area (Å²) in [4.78, 5) is 54.9. The van der Waals surface area contributed by atoms with Crippen molar-refractivity contribution in [2.45, 2.75) is 78.8 Å². The van der Waals surface area contributed by atoms with Gasteiger partial charge in [-0.05, 0) is 49.3 Å². The maximum Gasteiger partial charge on any atom is 0.223 e. The van der Waals surface area contributed by atoms with Gasteiger partial charge in [-0.1, -0.05) is 58.0 Å². The standard InChI is InChI=1S/C37H44N8O2/c1-5-8-35(46)45-17-7-9-33(45)37-40-22-32(43-37)26-12-10-25(11-13-26)30-20-39-31(21-38-30)27-14-15-28-29(19-27)42-34(41-28)23-44(16-6-2)36(47)18-24(3)4/h10-15,19-22,24,33H,5-9,16-18,23H2,1-4H3,(H,40,43)(H,41,42)/t33-/m0/s1. The van der Waals surface area contributed by atoms with E-state index in [1.54, 1.807) is 12.4 Å². The largest absolute Gasteiger partial charge is 0.340 e. The lowest BCUT2D eigenvalue weighted by Crippen LogP contribution is -2.32. The number of aromatic nitrogens is 6. The highest BCUT2D eigenvalue weighted by Gasteiger charge is 2.31. The molecule has 2 N–H and O–H groups in total. The minimum atomic E-state index is 0.0216. The summed E-state index contributed by atoms with van der Waals surface area (Å²) in [7, 11) is 0. The number of carbonyl (C=O) groups excluding carboxylic acids is 2. The molecule has 1 saturated heterocycles. The average Bonchev–Trinajstić information content (AvgIpc) is 3.84. The molecule has 244 valence electrons. The first-order valence-electron chi connectivity index (χ1n) is 16.9. The number of rotatable bonds is 12. The molecule has 0 unspecified atom stereocenters. The van der Waals surface area contributed by atoms with Crippen molar-refractivity contribution in [1.82, 2.24) is 39.7 Å². The van der Waals surface area contributed by atoms with E-state index >= 15 is 0 Å². The highest BCUT2D eigenvalue weighted by Crippen LogP contribution is 2.33. The molecule has 4 heterocycles. The molecule has 47 heavy (non-hydrogen) atoms. The fraction of sp³-hybridized carbons (Fsp3) is 0.405. The van der Waals surface area contributed by atoms with Gasteiger partial charge < -0.3 is 19.8 Å². The highest BCUT2D eigenvalue weighted by molar-refractivity contribution is 5.82. The Morgan fingerprint density at radius 2 is 1.64 bits per heavy atom. The van der Waals surface area contributed by atoms with Crippen LogP contribution in [0.1, 0.15) is 83.9 Å². The molecule has 0 aliphatic carbocycles. The number of H-pyrrole nitrogens is 2. The summed E-state index contributed by atoms with van der Waals surface area (Å²) in [6.07, 6.45) is 10.3. The number of benzene rings is 2. The SMILES string of the molecule is CCCC(=O)N1CCC[C@H]1c1ncc(-c2ccc(-c3cnc(-c4ccc5nc(CN(CCC)C(=O)CC(C)C)[nH]c5c4)cn3)cc2)[nH]1. The Labute approximate surface area is 276 Å². The molecule has 0 radical (unpaired) electrons. The molecular formula is C37H44N8O2. The van der Waals surface area contributed by atoms with E-state index in [1.165, 1.54) is 0 Å². The van der Waals surface area contributed by atoms with Gasteiger partial charge in [0.25, 0.3) is 0 Å². The second-order valence-electron chi connectivity index (χ2n) is 12.9. The monoisotopic (exact) mass is 632 g/mol. The summed E-state index contributed by atoms with van der Waals surface area (Å²) in [6.45, 7) is 10.2. The third-order valence-electron chi connectivity index (χ3n) is 8.69. The quantitative estimate of drug-likeness (QED) is 0.149. The van der Waals surface area contributed by atoms with Crippen molar-refractivity contribution in [2.75, 3.05) is 13.1 Å². The van der Waals surface area contributed by atoms with E-state index in [1.807, 2.05) is 53.3 Å². The third kappa shape index (κ3) is 7.26. The summed E-state index contributed by atoms with van der Waals surface area (Å²) >= 11 is 0. The van der Waals surface area contributed by atoms with Gasteiger partial charge in [-0.25, -0.2) is 9.97 Å². The van der Waals surface area contributed by atoms with E-state index in [2.05, 4.69) is 47.9 Å². The molecule has 10 nitrogen and oxygen atoms in total. The molecule has 1 aliphatic rings. The maximum atomic E-state index is 12.8. The lowest BCUT2D eigenvalue weighted by atomic mass is 10.1. The Hall–Kier alpha value is -4.86. The molecule has 10 heteroatoms. The predicted molar refractivity (Wildman–Crippen MR) is 184 cm³/mol. The first kappa shape index (κ1) is 32.1. The van der Waals surface area contributed by atoms with Crippen molar-refractivity contribution >= 4 is 22.8 Å². The molecule has 0 saturated carbocycles. The second-order valence-corrected chi connectivity index (χ2v) is 12.9. The van der Waals surface area contributed by atoms with E-state index in [0.717, 1.165) is 88.7 Å². The number of hydrogen-bond acceptors (Lipinski definition) is 6. The van der Waals surface area contributed by atoms with E-state index in [9.17, 15) is 9.59 Å². The highest BCUT2D eigenvalue weighted by atomic mass is 16.2. The first-order valence-corrected chi connectivity index (χ1v) is 16.9. The van der Waals surface area contributed by atoms with Crippen LogP contribution in [0.25, 0.3) is 44.8 Å². The van der Waals surface area contributed by atoms with Gasteiger partial charge >= 0.3 is 0 Å². The van der Waals surface area contributed by atoms with Crippen LogP contribution in [0.5, 0.6) is 0 Å². The molecule has 0 spiro atoms. The van der Waals surface area contributed by atoms with Gasteiger partial charge in [0.05, 0.1) is 59.3 Å². The lowest BCUT2D eigenvalue weighted by molar-refractivity contribution is -0.133. The number of nitrogens with one attached hydrogen (secondary N) is 2. The summed E-state index contributed by atoms with van der Waals surface area (Å²) in [5.74, 6) is 2.32. The second kappa shape index (κ2) is 14.3. The van der Waals surface area contributed by atoms with E-state index in [0.29, 0.717) is 31.8 Å². The molecule has 6 rings (SSSR count). The summed E-state index contributed by atoms with van der Waals surface area (Å²) < 4.78 is 0. The Morgan fingerprint density at radius 1 is 0.915 bits per heavy atom. The molecule has 2 aromatic carbocycles. The van der Waals surface area contributed by atoms with Crippen LogP contribution in [-0.2, 0) is 16.1 Å². The molecule has 1 fully saturated rings. The zero-order valence-corrected chi connectivity index (χ0v) is 27.8. The summed E-state index contributed by atoms with van der Waals surface area (Å²) in [5, 5.41) is 0. The van der Waals surface area contributed by atoms with Gasteiger partial charge in [0.2, 0.25) is 11.8 Å². The van der Waals surface area contributed by atoms with Gasteiger partial charge in [-0.15, -0.1) is 0 Å². The normalized spacial score (nSPS) is 14.7. The minimum absolute atomic E-state index is 0.0216. The van der Waals surface area contributed by atoms with Crippen molar-refractivity contribution in [3.63, 3.8) is 0 Å². The van der Waals surface area contributed by atoms with Crippen molar-refractivity contribution in [3.05, 3.63) is 72.7 Å². The van der Waals surface area contributed by atoms with Crippen LogP contribution in [-0.4, -0.2) is 64.6 Å². The first-order chi connectivity index (χ1) is 22.8. The number of nitrogens with zero attached hydrogens (tertiary/aromatic N) is 6. The summed E-state index contributed by atoms with van der Waals surface area (Å²) in [5.41, 5.74) is 7.18. The van der Waals surface area contributed by atoms with Crippen molar-refractivity contribution in [1.29, 1.82) is 0 Å². The molecule has 1 aliphatic heterocycles. The predicted octanol–water partition coefficient (Wildman–Crippen LogP) is 7.33. The number of carbonyl (C=O) groups is 2.